The molecule has 1 unspecified atom stereocenters. The van der Waals surface area contributed by atoms with Gasteiger partial charge in [-0.05, 0) is 12.3 Å². The summed E-state index contributed by atoms with van der Waals surface area (Å²) in [6, 6.07) is -0.434. The lowest BCUT2D eigenvalue weighted by atomic mass is 10.1. The quantitative estimate of drug-likeness (QED) is 0.635. The number of nitrogens with zero attached hydrogens (tertiary/aromatic N) is 1. The van der Waals surface area contributed by atoms with Crippen molar-refractivity contribution in [3.05, 3.63) is 0 Å². The van der Waals surface area contributed by atoms with E-state index in [-0.39, 0.29) is 0 Å². The van der Waals surface area contributed by atoms with Crippen LogP contribution in [0.3, 0.4) is 0 Å². The highest BCUT2D eigenvalue weighted by molar-refractivity contribution is 7.80. The Morgan fingerprint density at radius 2 is 2.06 bits per heavy atom. The van der Waals surface area contributed by atoms with Gasteiger partial charge in [0, 0.05) is 19.5 Å². The Labute approximate surface area is 103 Å². The average molecular weight is 246 g/mol. The third-order valence-electron chi connectivity index (χ3n) is 2.36. The average Bonchev–Trinajstić information content (AvgIpc) is 2.13. The highest BCUT2D eigenvalue weighted by atomic mass is 32.1. The molecule has 0 aliphatic heterocycles. The number of thiocarbonyl (C=S) groups is 1. The van der Waals surface area contributed by atoms with Crippen LogP contribution in [0, 0.1) is 5.92 Å². The lowest BCUT2D eigenvalue weighted by Gasteiger charge is -2.29. The third kappa shape index (κ3) is 6.02. The molecule has 94 valence electrons. The summed E-state index contributed by atoms with van der Waals surface area (Å²) in [5, 5.41) is 9.12. The monoisotopic (exact) mass is 246 g/mol. The van der Waals surface area contributed by atoms with E-state index in [1.807, 2.05) is 11.8 Å². The Kier molecular flexibility index (Phi) is 7.25. The molecule has 0 aliphatic rings. The van der Waals surface area contributed by atoms with E-state index in [9.17, 15) is 4.79 Å². The first kappa shape index (κ1) is 15.3. The van der Waals surface area contributed by atoms with Gasteiger partial charge in [-0.15, -0.1) is 0 Å². The van der Waals surface area contributed by atoms with Crippen molar-refractivity contribution >= 4 is 23.2 Å². The van der Waals surface area contributed by atoms with Gasteiger partial charge in [-0.25, -0.2) is 0 Å². The molecule has 1 atom stereocenters. The SMILES string of the molecule is CCC(C(=O)O)N(CCC(N)=S)CC(C)C. The van der Waals surface area contributed by atoms with Crippen molar-refractivity contribution < 1.29 is 9.90 Å². The van der Waals surface area contributed by atoms with Crippen LogP contribution in [0.2, 0.25) is 0 Å². The number of nitrogens with two attached hydrogens (primary N) is 1. The predicted molar refractivity (Wildman–Crippen MR) is 69.5 cm³/mol. The minimum Gasteiger partial charge on any atom is -0.480 e. The Morgan fingerprint density at radius 1 is 1.50 bits per heavy atom. The van der Waals surface area contributed by atoms with Crippen molar-refractivity contribution in [2.24, 2.45) is 11.7 Å². The van der Waals surface area contributed by atoms with Crippen molar-refractivity contribution in [3.63, 3.8) is 0 Å². The van der Waals surface area contributed by atoms with Gasteiger partial charge in [0.25, 0.3) is 0 Å². The van der Waals surface area contributed by atoms with Crippen molar-refractivity contribution in [2.45, 2.75) is 39.7 Å². The van der Waals surface area contributed by atoms with Gasteiger partial charge < -0.3 is 10.8 Å². The molecule has 5 heteroatoms. The van der Waals surface area contributed by atoms with E-state index in [0.29, 0.717) is 30.3 Å². The third-order valence-corrected chi connectivity index (χ3v) is 2.56. The molecule has 3 N–H and O–H groups in total. The van der Waals surface area contributed by atoms with E-state index >= 15 is 0 Å². The number of hydrogen-bond acceptors (Lipinski definition) is 3. The minimum absolute atomic E-state index is 0.430. The van der Waals surface area contributed by atoms with E-state index < -0.39 is 12.0 Å². The van der Waals surface area contributed by atoms with Gasteiger partial charge in [0.1, 0.15) is 6.04 Å². The van der Waals surface area contributed by atoms with Gasteiger partial charge in [0.2, 0.25) is 0 Å². The van der Waals surface area contributed by atoms with Gasteiger partial charge >= 0.3 is 5.97 Å². The van der Waals surface area contributed by atoms with Crippen molar-refractivity contribution in [2.75, 3.05) is 13.1 Å². The molecule has 0 heterocycles. The van der Waals surface area contributed by atoms with Crippen LogP contribution < -0.4 is 5.73 Å². The van der Waals surface area contributed by atoms with Crippen LogP contribution in [0.25, 0.3) is 0 Å². The van der Waals surface area contributed by atoms with Gasteiger partial charge in [-0.3, -0.25) is 9.69 Å². The first-order valence-electron chi connectivity index (χ1n) is 5.63. The van der Waals surface area contributed by atoms with Crippen molar-refractivity contribution in [3.8, 4) is 0 Å². The molecule has 0 radical (unpaired) electrons. The van der Waals surface area contributed by atoms with Gasteiger partial charge in [0.15, 0.2) is 0 Å². The molecule has 0 aliphatic carbocycles. The van der Waals surface area contributed by atoms with Gasteiger partial charge in [-0.2, -0.15) is 0 Å². The fourth-order valence-corrected chi connectivity index (χ4v) is 1.78. The standard InChI is InChI=1S/C11H22N2O2S/c1-4-9(11(14)15)13(7-8(2)3)6-5-10(12)16/h8-9H,4-7H2,1-3H3,(H2,12,16)(H,14,15). The van der Waals surface area contributed by atoms with Crippen LogP contribution in [0.4, 0.5) is 0 Å². The first-order chi connectivity index (χ1) is 7.38. The second kappa shape index (κ2) is 7.57. The molecule has 0 aromatic heterocycles. The number of carbonyl (C=O) groups is 1. The maximum atomic E-state index is 11.1. The summed E-state index contributed by atoms with van der Waals surface area (Å²) >= 11 is 4.82. The first-order valence-corrected chi connectivity index (χ1v) is 6.04. The molecule has 0 saturated heterocycles. The van der Waals surface area contributed by atoms with Gasteiger partial charge in [-0.1, -0.05) is 33.0 Å². The second-order valence-electron chi connectivity index (χ2n) is 4.37. The predicted octanol–water partition coefficient (Wildman–Crippen LogP) is 1.48. The lowest BCUT2D eigenvalue weighted by molar-refractivity contribution is -0.143. The number of aliphatic carboxylic acids is 1. The lowest BCUT2D eigenvalue weighted by Crippen LogP contribution is -2.44. The molecule has 0 rings (SSSR count). The number of carboxylic acid groups (broad SMARTS) is 1. The smallest absolute Gasteiger partial charge is 0.320 e. The Bertz CT molecular complexity index is 244. The maximum Gasteiger partial charge on any atom is 0.320 e. The van der Waals surface area contributed by atoms with Crippen LogP contribution >= 0.6 is 12.2 Å². The zero-order chi connectivity index (χ0) is 12.7. The molecule has 0 saturated carbocycles. The zero-order valence-corrected chi connectivity index (χ0v) is 11.1. The summed E-state index contributed by atoms with van der Waals surface area (Å²) in [4.78, 5) is 13.5. The fourth-order valence-electron chi connectivity index (χ4n) is 1.69. The van der Waals surface area contributed by atoms with E-state index in [4.69, 9.17) is 23.1 Å². The summed E-state index contributed by atoms with van der Waals surface area (Å²) < 4.78 is 0. The number of hydrogen-bond donors (Lipinski definition) is 2. The molecule has 0 fully saturated rings. The van der Waals surface area contributed by atoms with Crippen LogP contribution in [-0.4, -0.2) is 40.1 Å². The molecular formula is C11H22N2O2S. The molecule has 0 aromatic rings. The van der Waals surface area contributed by atoms with Crippen molar-refractivity contribution in [1.29, 1.82) is 0 Å². The van der Waals surface area contributed by atoms with Gasteiger partial charge in [0.05, 0.1) is 4.99 Å². The van der Waals surface area contributed by atoms with Crippen LogP contribution in [0.5, 0.6) is 0 Å². The maximum absolute atomic E-state index is 11.1. The normalized spacial score (nSPS) is 13.1. The van der Waals surface area contributed by atoms with E-state index in [2.05, 4.69) is 13.8 Å². The highest BCUT2D eigenvalue weighted by Crippen LogP contribution is 2.09. The topological polar surface area (TPSA) is 66.6 Å². The fraction of sp³-hybridized carbons (Fsp3) is 0.818. The molecule has 0 aromatic carbocycles. The van der Waals surface area contributed by atoms with E-state index in [1.165, 1.54) is 0 Å². The zero-order valence-electron chi connectivity index (χ0n) is 10.3. The largest absolute Gasteiger partial charge is 0.480 e. The van der Waals surface area contributed by atoms with Crippen molar-refractivity contribution in [1.82, 2.24) is 4.90 Å². The molecule has 0 spiro atoms. The molecular weight excluding hydrogens is 224 g/mol. The van der Waals surface area contributed by atoms with Crippen LogP contribution in [-0.2, 0) is 4.79 Å². The van der Waals surface area contributed by atoms with E-state index in [1.54, 1.807) is 0 Å². The number of carboxylic acids is 1. The highest BCUT2D eigenvalue weighted by Gasteiger charge is 2.23. The summed E-state index contributed by atoms with van der Waals surface area (Å²) in [6.07, 6.45) is 1.17. The Morgan fingerprint density at radius 3 is 2.38 bits per heavy atom. The molecule has 16 heavy (non-hydrogen) atoms. The summed E-state index contributed by atoms with van der Waals surface area (Å²) in [7, 11) is 0. The molecule has 4 nitrogen and oxygen atoms in total. The van der Waals surface area contributed by atoms with Crippen LogP contribution in [0.1, 0.15) is 33.6 Å². The Hall–Kier alpha value is -0.680. The minimum atomic E-state index is -0.772. The molecule has 0 amide bonds. The number of rotatable bonds is 8. The summed E-state index contributed by atoms with van der Waals surface area (Å²) in [6.45, 7) is 7.41. The molecule has 0 bridgehead atoms. The Balaban J connectivity index is 4.49. The van der Waals surface area contributed by atoms with Crippen LogP contribution in [0.15, 0.2) is 0 Å². The second-order valence-corrected chi connectivity index (χ2v) is 4.89. The summed E-state index contributed by atoms with van der Waals surface area (Å²) in [5.41, 5.74) is 5.45. The summed E-state index contributed by atoms with van der Waals surface area (Å²) in [5.74, 6) is -0.342. The van der Waals surface area contributed by atoms with E-state index in [0.717, 1.165) is 6.54 Å².